The number of likely N-dealkylation sites (N-methyl/N-ethyl adjacent to an activating group) is 1. The van der Waals surface area contributed by atoms with Gasteiger partial charge in [-0.1, -0.05) is 83.7 Å². The van der Waals surface area contributed by atoms with Crippen molar-refractivity contribution in [3.63, 3.8) is 0 Å². The minimum absolute atomic E-state index is 0.0195. The molecule has 3 aromatic rings. The first kappa shape index (κ1) is 68.1. The van der Waals surface area contributed by atoms with Crippen LogP contribution in [0.1, 0.15) is 185 Å². The van der Waals surface area contributed by atoms with Gasteiger partial charge in [0.2, 0.25) is 11.8 Å². The zero-order valence-corrected chi connectivity index (χ0v) is 51.8. The van der Waals surface area contributed by atoms with E-state index in [-0.39, 0.29) is 64.2 Å². The maximum absolute atomic E-state index is 15.4. The van der Waals surface area contributed by atoms with Crippen molar-refractivity contribution in [2.75, 3.05) is 33.4 Å². The van der Waals surface area contributed by atoms with E-state index < -0.39 is 107 Å². The molecule has 2 aliphatic rings. The standard InChI is InChI=1S/C65H89N5O15/c1-13-15-16-17-18-19-43-20-23-47(40(3)33-43)51(71)39-46(28-29-66-62(79)83-64(6,7)8)60(77)69(12)58-45-22-25-55(81-31-14-2)49(38-45)48-36-44(21-24-54(48)82-32-30-67-63(80)84-65(9,10)11)37-50(68-59(76)41(4)34-53(58)73)52(72)35-42(5)61(78)85-70-56(74)26-27-57(70)75/h20-25,33,36,38,41-42,46,50,58H,13-19,26-32,34-35,37,39H2,1-12H3,(H,66,79)(H,67,80)(H,68,76)/t41-,42-,46-,50+,58+/m1/s1. The summed E-state index contributed by atoms with van der Waals surface area (Å²) in [6.45, 7) is 19.5. The van der Waals surface area contributed by atoms with Gasteiger partial charge in [0.25, 0.3) is 11.8 Å². The zero-order chi connectivity index (χ0) is 62.8. The highest BCUT2D eigenvalue weighted by Gasteiger charge is 2.38. The van der Waals surface area contributed by atoms with Crippen LogP contribution in [0.5, 0.6) is 11.5 Å². The van der Waals surface area contributed by atoms with Gasteiger partial charge in [0.15, 0.2) is 17.3 Å². The number of unbranched alkanes of at least 4 members (excludes halogenated alkanes) is 4. The molecule has 5 atom stereocenters. The molecule has 4 bridgehead atoms. The number of benzene rings is 3. The number of amides is 6. The van der Waals surface area contributed by atoms with Crippen molar-refractivity contribution in [2.45, 2.75) is 189 Å². The smallest absolute Gasteiger partial charge is 0.407 e. The molecule has 0 unspecified atom stereocenters. The van der Waals surface area contributed by atoms with Gasteiger partial charge in [-0.15, -0.1) is 5.06 Å². The number of ether oxygens (including phenoxy) is 4. The molecular weight excluding hydrogens is 1090 g/mol. The minimum Gasteiger partial charge on any atom is -0.493 e. The first-order valence-corrected chi connectivity index (χ1v) is 29.9. The summed E-state index contributed by atoms with van der Waals surface area (Å²) in [5.74, 6) is -7.79. The van der Waals surface area contributed by atoms with Crippen LogP contribution >= 0.6 is 0 Å². The number of carbonyl (C=O) groups excluding carboxylic acids is 10. The maximum Gasteiger partial charge on any atom is 0.407 e. The summed E-state index contributed by atoms with van der Waals surface area (Å²) in [5.41, 5.74) is 2.42. The number of alkyl carbamates (subject to hydrolysis) is 2. The van der Waals surface area contributed by atoms with Gasteiger partial charge < -0.3 is 44.6 Å². The molecular formula is C65H89N5O15. The molecule has 3 N–H and O–H groups in total. The number of nitrogens with zero attached hydrogens (tertiary/aromatic N) is 2. The lowest BCUT2D eigenvalue weighted by Gasteiger charge is -2.32. The number of carbonyl (C=O) groups is 10. The van der Waals surface area contributed by atoms with Crippen LogP contribution in [0.3, 0.4) is 0 Å². The Morgan fingerprint density at radius 3 is 1.96 bits per heavy atom. The summed E-state index contributed by atoms with van der Waals surface area (Å²) in [6.07, 6.45) is 4.14. The molecule has 0 aromatic heterocycles. The first-order chi connectivity index (χ1) is 40.1. The number of fused-ring (bicyclic) bond motifs is 5. The molecule has 5 rings (SSSR count). The van der Waals surface area contributed by atoms with Gasteiger partial charge in [-0.05, 0) is 127 Å². The molecule has 2 heterocycles. The molecule has 20 heteroatoms. The predicted molar refractivity (Wildman–Crippen MR) is 318 cm³/mol. The molecule has 3 aromatic carbocycles. The SMILES string of the molecule is CCCCCCCc1ccc(C(=O)C[C@@H](CCNC(=O)OC(C)(C)C)C(=O)N(C)[C@@H]2C(=O)C[C@@H](C)C(=O)N[C@H](C(=O)C[C@@H](C)C(=O)ON3C(=O)CCC3=O)Cc3ccc(OCCNC(=O)OC(C)(C)C)c(c3)-c3cc2ccc3OCCC)c(C)c1. The van der Waals surface area contributed by atoms with Crippen LogP contribution in [0.25, 0.3) is 11.1 Å². The van der Waals surface area contributed by atoms with Gasteiger partial charge in [-0.2, -0.15) is 0 Å². The van der Waals surface area contributed by atoms with E-state index >= 15 is 9.59 Å². The highest BCUT2D eigenvalue weighted by atomic mass is 16.7. The lowest BCUT2D eigenvalue weighted by atomic mass is 9.87. The van der Waals surface area contributed by atoms with E-state index in [9.17, 15) is 38.4 Å². The van der Waals surface area contributed by atoms with Crippen LogP contribution < -0.4 is 25.4 Å². The second-order valence-electron chi connectivity index (χ2n) is 24.3. The van der Waals surface area contributed by atoms with Crippen molar-refractivity contribution in [3.05, 3.63) is 82.4 Å². The molecule has 0 spiro atoms. The molecule has 0 radical (unpaired) electrons. The average Bonchev–Trinajstić information content (AvgIpc) is 3.87. The average molecular weight is 1180 g/mol. The van der Waals surface area contributed by atoms with Gasteiger partial charge in [-0.3, -0.25) is 33.6 Å². The third kappa shape index (κ3) is 20.8. The zero-order valence-electron chi connectivity index (χ0n) is 51.8. The number of ketones is 3. The highest BCUT2D eigenvalue weighted by molar-refractivity contribution is 6.03. The van der Waals surface area contributed by atoms with Crippen LogP contribution in [0, 0.1) is 24.7 Å². The fourth-order valence-corrected chi connectivity index (χ4v) is 10.1. The van der Waals surface area contributed by atoms with Crippen LogP contribution in [0.2, 0.25) is 0 Å². The largest absolute Gasteiger partial charge is 0.493 e. The van der Waals surface area contributed by atoms with Crippen LogP contribution in [0.15, 0.2) is 54.6 Å². The number of rotatable bonds is 26. The van der Waals surface area contributed by atoms with E-state index in [2.05, 4.69) is 22.9 Å². The number of nitrogens with one attached hydrogen (secondary N) is 3. The van der Waals surface area contributed by atoms with Crippen LogP contribution in [-0.4, -0.2) is 120 Å². The Labute approximate surface area is 500 Å². The maximum atomic E-state index is 15.4. The molecule has 1 saturated heterocycles. The number of imide groups is 1. The molecule has 0 aliphatic carbocycles. The highest BCUT2D eigenvalue weighted by Crippen LogP contribution is 2.41. The Bertz CT molecular complexity index is 2890. The molecule has 6 amide bonds. The molecule has 85 heavy (non-hydrogen) atoms. The first-order valence-electron chi connectivity index (χ1n) is 29.9. The van der Waals surface area contributed by atoms with Gasteiger partial charge in [-0.25, -0.2) is 14.4 Å². The summed E-state index contributed by atoms with van der Waals surface area (Å²) in [7, 11) is 1.46. The normalized spacial score (nSPS) is 17.2. The van der Waals surface area contributed by atoms with E-state index in [1.54, 1.807) is 84.0 Å². The number of hydroxylamine groups is 2. The fraction of sp³-hybridized carbons (Fsp3) is 0.569. The Hall–Kier alpha value is -7.64. The second-order valence-corrected chi connectivity index (χ2v) is 24.3. The van der Waals surface area contributed by atoms with Gasteiger partial charge in [0.1, 0.15) is 35.3 Å². The van der Waals surface area contributed by atoms with E-state index in [1.807, 2.05) is 26.0 Å². The van der Waals surface area contributed by atoms with Gasteiger partial charge >= 0.3 is 18.2 Å². The van der Waals surface area contributed by atoms with Crippen molar-refractivity contribution in [1.82, 2.24) is 25.9 Å². The predicted octanol–water partition coefficient (Wildman–Crippen LogP) is 10.0. The lowest BCUT2D eigenvalue weighted by molar-refractivity contribution is -0.200. The van der Waals surface area contributed by atoms with E-state index in [4.69, 9.17) is 23.8 Å². The van der Waals surface area contributed by atoms with Crippen molar-refractivity contribution >= 4 is 59.1 Å². The molecule has 0 saturated carbocycles. The molecule has 2 aliphatic heterocycles. The Morgan fingerprint density at radius 1 is 0.729 bits per heavy atom. The quantitative estimate of drug-likeness (QED) is 0.0384. The molecule has 464 valence electrons. The third-order valence-electron chi connectivity index (χ3n) is 14.5. The van der Waals surface area contributed by atoms with Gasteiger partial charge in [0, 0.05) is 74.2 Å². The minimum atomic E-state index is -1.39. The Kier molecular flexibility index (Phi) is 25.2. The van der Waals surface area contributed by atoms with Crippen molar-refractivity contribution < 1.29 is 71.7 Å². The van der Waals surface area contributed by atoms with Crippen LogP contribution in [0.4, 0.5) is 9.59 Å². The summed E-state index contributed by atoms with van der Waals surface area (Å²) >= 11 is 0. The fourth-order valence-electron chi connectivity index (χ4n) is 10.1. The summed E-state index contributed by atoms with van der Waals surface area (Å²) in [4.78, 5) is 144. The van der Waals surface area contributed by atoms with E-state index in [0.717, 1.165) is 43.2 Å². The van der Waals surface area contributed by atoms with E-state index in [0.29, 0.717) is 50.8 Å². The summed E-state index contributed by atoms with van der Waals surface area (Å²) < 4.78 is 23.6. The lowest BCUT2D eigenvalue weighted by Crippen LogP contribution is -2.46. The van der Waals surface area contributed by atoms with Crippen molar-refractivity contribution in [1.29, 1.82) is 0 Å². The summed E-state index contributed by atoms with van der Waals surface area (Å²) in [5, 5.41) is 8.63. The number of hydrogen-bond acceptors (Lipinski definition) is 15. The number of Topliss-reactive ketones (excluding diaryl/α,β-unsaturated/α-hetero) is 3. The van der Waals surface area contributed by atoms with Gasteiger partial charge in [0.05, 0.1) is 25.1 Å². The summed E-state index contributed by atoms with van der Waals surface area (Å²) in [6, 6.07) is 13.2. The van der Waals surface area contributed by atoms with Crippen LogP contribution in [-0.2, 0) is 60.7 Å². The van der Waals surface area contributed by atoms with Crippen molar-refractivity contribution in [2.24, 2.45) is 17.8 Å². The topological polar surface area (TPSA) is 259 Å². The number of aryl methyl sites for hydroxylation is 2. The van der Waals surface area contributed by atoms with Crippen molar-refractivity contribution in [3.8, 4) is 22.6 Å². The molecule has 1 fully saturated rings. The third-order valence-corrected chi connectivity index (χ3v) is 14.5. The second kappa shape index (κ2) is 31.5. The molecule has 20 nitrogen and oxygen atoms in total. The van der Waals surface area contributed by atoms with E-state index in [1.165, 1.54) is 32.2 Å². The number of hydrogen-bond donors (Lipinski definition) is 3. The Morgan fingerprint density at radius 2 is 1.34 bits per heavy atom. The Balaban J connectivity index is 1.59. The monoisotopic (exact) mass is 1180 g/mol.